The number of carbonyl (C=O) groups excluding carboxylic acids is 5. The Morgan fingerprint density at radius 1 is 0.935 bits per heavy atom. The number of carbonyl (C=O) groups is 6. The van der Waals surface area contributed by atoms with Crippen LogP contribution >= 0.6 is 11.8 Å². The summed E-state index contributed by atoms with van der Waals surface area (Å²) in [5, 5.41) is 19.6. The van der Waals surface area contributed by atoms with E-state index in [9.17, 15) is 28.8 Å². The molecule has 0 saturated carbocycles. The van der Waals surface area contributed by atoms with Crippen molar-refractivity contribution in [1.82, 2.24) is 26.2 Å². The molecular weight excluding hydrogens is 612 g/mol. The fraction of sp³-hybridized carbons (Fsp3) is 0.625. The zero-order chi connectivity index (χ0) is 34.4. The van der Waals surface area contributed by atoms with Gasteiger partial charge in [0.05, 0.1) is 6.04 Å². The van der Waals surface area contributed by atoms with Crippen LogP contribution in [-0.4, -0.2) is 101 Å². The maximum absolute atomic E-state index is 13.9. The van der Waals surface area contributed by atoms with E-state index < -0.39 is 72.3 Å². The van der Waals surface area contributed by atoms with E-state index in [0.717, 1.165) is 5.56 Å². The Morgan fingerprint density at radius 2 is 1.59 bits per heavy atom. The number of hydrogen-bond acceptors (Lipinski definition) is 8. The third-order valence-electron chi connectivity index (χ3n) is 7.75. The van der Waals surface area contributed by atoms with Gasteiger partial charge in [0.15, 0.2) is 0 Å². The minimum atomic E-state index is -1.21. The smallest absolute Gasteiger partial charge is 0.322 e. The summed E-state index contributed by atoms with van der Waals surface area (Å²) in [6.45, 7) is 7.07. The van der Waals surface area contributed by atoms with Crippen molar-refractivity contribution in [3.63, 3.8) is 0 Å². The second-order valence-corrected chi connectivity index (χ2v) is 13.3. The standard InChI is InChI=1S/C32H50N6O7S/c1-19(2)16-23(28(41)34-18-26(39)40)36-30(43)25-12-9-14-38(25)32(45)22(13-15-46-5)35-29(42)24(17-21-10-7-6-8-11-21)37-31(44)27(33)20(3)4/h6-8,10-11,19-20,22-25,27H,9,12-18,33H2,1-5H3,(H,34,41)(H,35,42)(H,36,43)(H,37,44)(H,39,40)/t22-,23-,24-,25-,27-/m0/s1. The minimum Gasteiger partial charge on any atom is -0.480 e. The highest BCUT2D eigenvalue weighted by atomic mass is 32.2. The Labute approximate surface area is 275 Å². The second-order valence-electron chi connectivity index (χ2n) is 12.4. The van der Waals surface area contributed by atoms with Crippen LogP contribution in [0.25, 0.3) is 0 Å². The summed E-state index contributed by atoms with van der Waals surface area (Å²) in [5.41, 5.74) is 6.87. The van der Waals surface area contributed by atoms with Gasteiger partial charge in [-0.15, -0.1) is 0 Å². The average Bonchev–Trinajstić information content (AvgIpc) is 3.50. The van der Waals surface area contributed by atoms with Crippen molar-refractivity contribution in [2.24, 2.45) is 17.6 Å². The van der Waals surface area contributed by atoms with Gasteiger partial charge in [0.1, 0.15) is 30.7 Å². The number of amides is 5. The lowest BCUT2D eigenvalue weighted by Crippen LogP contribution is -2.59. The van der Waals surface area contributed by atoms with Crippen LogP contribution in [0.5, 0.6) is 0 Å². The molecule has 1 heterocycles. The maximum atomic E-state index is 13.9. The molecule has 7 N–H and O–H groups in total. The summed E-state index contributed by atoms with van der Waals surface area (Å²) in [6.07, 6.45) is 3.55. The van der Waals surface area contributed by atoms with E-state index in [1.54, 1.807) is 0 Å². The van der Waals surface area contributed by atoms with Crippen LogP contribution in [-0.2, 0) is 35.2 Å². The van der Waals surface area contributed by atoms with Gasteiger partial charge in [-0.25, -0.2) is 0 Å². The lowest BCUT2D eigenvalue weighted by atomic mass is 10.0. The molecule has 1 fully saturated rings. The number of thioether (sulfide) groups is 1. The number of likely N-dealkylation sites (tertiary alicyclic amines) is 1. The molecule has 1 saturated heterocycles. The van der Waals surface area contributed by atoms with E-state index in [1.807, 2.05) is 64.3 Å². The lowest BCUT2D eigenvalue weighted by molar-refractivity contribution is -0.142. The van der Waals surface area contributed by atoms with E-state index >= 15 is 0 Å². The summed E-state index contributed by atoms with van der Waals surface area (Å²) in [7, 11) is 0. The van der Waals surface area contributed by atoms with E-state index in [0.29, 0.717) is 25.0 Å². The summed E-state index contributed by atoms with van der Waals surface area (Å²) in [5.74, 6) is -3.37. The van der Waals surface area contributed by atoms with Crippen LogP contribution in [0.3, 0.4) is 0 Å². The van der Waals surface area contributed by atoms with Crippen LogP contribution in [0.4, 0.5) is 0 Å². The molecule has 1 aliphatic heterocycles. The number of rotatable bonds is 18. The monoisotopic (exact) mass is 662 g/mol. The summed E-state index contributed by atoms with van der Waals surface area (Å²) in [4.78, 5) is 79.1. The fourth-order valence-electron chi connectivity index (χ4n) is 5.16. The molecule has 5 amide bonds. The molecule has 0 aromatic heterocycles. The van der Waals surface area contributed by atoms with Crippen molar-refractivity contribution < 1.29 is 33.9 Å². The molecule has 1 aliphatic rings. The summed E-state index contributed by atoms with van der Waals surface area (Å²) in [6, 6.07) is 4.56. The van der Waals surface area contributed by atoms with Crippen molar-refractivity contribution in [1.29, 1.82) is 0 Å². The van der Waals surface area contributed by atoms with Gasteiger partial charge in [0.2, 0.25) is 29.5 Å². The number of nitrogens with two attached hydrogens (primary N) is 1. The second kappa shape index (κ2) is 19.1. The Bertz CT molecular complexity index is 1200. The molecule has 5 atom stereocenters. The first-order valence-corrected chi connectivity index (χ1v) is 17.1. The van der Waals surface area contributed by atoms with Crippen molar-refractivity contribution in [3.8, 4) is 0 Å². The molecule has 0 aliphatic carbocycles. The van der Waals surface area contributed by atoms with Gasteiger partial charge in [-0.05, 0) is 55.1 Å². The van der Waals surface area contributed by atoms with Crippen molar-refractivity contribution in [2.45, 2.75) is 90.0 Å². The fourth-order valence-corrected chi connectivity index (χ4v) is 5.63. The molecule has 13 nitrogen and oxygen atoms in total. The normalized spacial score (nSPS) is 17.1. The number of nitrogens with zero attached hydrogens (tertiary/aromatic N) is 1. The number of carboxylic acids is 1. The first-order valence-electron chi connectivity index (χ1n) is 15.7. The molecule has 0 unspecified atom stereocenters. The van der Waals surface area contributed by atoms with Gasteiger partial charge in [-0.3, -0.25) is 28.8 Å². The predicted molar refractivity (Wildman–Crippen MR) is 177 cm³/mol. The van der Waals surface area contributed by atoms with Crippen LogP contribution in [0.1, 0.15) is 58.9 Å². The van der Waals surface area contributed by atoms with Gasteiger partial charge < -0.3 is 37.0 Å². The third kappa shape index (κ3) is 12.3. The van der Waals surface area contributed by atoms with E-state index in [-0.39, 0.29) is 31.2 Å². The number of carboxylic acid groups (broad SMARTS) is 1. The highest BCUT2D eigenvalue weighted by Crippen LogP contribution is 2.21. The van der Waals surface area contributed by atoms with E-state index in [4.69, 9.17) is 10.8 Å². The van der Waals surface area contributed by atoms with Crippen LogP contribution in [0.15, 0.2) is 30.3 Å². The molecule has 1 aromatic rings. The Kier molecular flexibility index (Phi) is 16.0. The molecule has 256 valence electrons. The minimum absolute atomic E-state index is 0.0211. The van der Waals surface area contributed by atoms with Gasteiger partial charge >= 0.3 is 5.97 Å². The van der Waals surface area contributed by atoms with Crippen molar-refractivity contribution in [3.05, 3.63) is 35.9 Å². The third-order valence-corrected chi connectivity index (χ3v) is 8.40. The SMILES string of the molecule is CSCC[C@H](NC(=O)[C@H](Cc1ccccc1)NC(=O)[C@@H](N)C(C)C)C(=O)N1CCC[C@H]1C(=O)N[C@@H](CC(C)C)C(=O)NCC(=O)O. The largest absolute Gasteiger partial charge is 0.480 e. The Hall–Kier alpha value is -3.65. The molecule has 0 radical (unpaired) electrons. The topological polar surface area (TPSA) is 200 Å². The lowest BCUT2D eigenvalue weighted by Gasteiger charge is -2.31. The number of benzene rings is 1. The van der Waals surface area contributed by atoms with Crippen LogP contribution in [0.2, 0.25) is 0 Å². The van der Waals surface area contributed by atoms with E-state index in [1.165, 1.54) is 16.7 Å². The molecular formula is C32H50N6O7S. The molecule has 46 heavy (non-hydrogen) atoms. The number of aliphatic carboxylic acids is 1. The molecule has 1 aromatic carbocycles. The molecule has 0 bridgehead atoms. The molecule has 0 spiro atoms. The van der Waals surface area contributed by atoms with Gasteiger partial charge in [0, 0.05) is 13.0 Å². The highest BCUT2D eigenvalue weighted by Gasteiger charge is 2.39. The van der Waals surface area contributed by atoms with Crippen LogP contribution in [0, 0.1) is 11.8 Å². The van der Waals surface area contributed by atoms with Gasteiger partial charge in [-0.2, -0.15) is 11.8 Å². The maximum Gasteiger partial charge on any atom is 0.322 e. The van der Waals surface area contributed by atoms with Crippen molar-refractivity contribution >= 4 is 47.3 Å². The molecule has 2 rings (SSSR count). The Morgan fingerprint density at radius 3 is 2.17 bits per heavy atom. The Balaban J connectivity index is 2.25. The molecule has 14 heteroatoms. The van der Waals surface area contributed by atoms with Gasteiger partial charge in [0.25, 0.3) is 0 Å². The van der Waals surface area contributed by atoms with E-state index in [2.05, 4.69) is 21.3 Å². The zero-order valence-corrected chi connectivity index (χ0v) is 28.2. The van der Waals surface area contributed by atoms with Crippen molar-refractivity contribution in [2.75, 3.05) is 25.1 Å². The van der Waals surface area contributed by atoms with Gasteiger partial charge in [-0.1, -0.05) is 58.0 Å². The zero-order valence-electron chi connectivity index (χ0n) is 27.4. The summed E-state index contributed by atoms with van der Waals surface area (Å²) < 4.78 is 0. The number of hydrogen-bond donors (Lipinski definition) is 6. The predicted octanol–water partition coefficient (Wildman–Crippen LogP) is 0.658. The van der Waals surface area contributed by atoms with Crippen LogP contribution < -0.4 is 27.0 Å². The highest BCUT2D eigenvalue weighted by molar-refractivity contribution is 7.98. The first-order chi connectivity index (χ1) is 21.7. The average molecular weight is 663 g/mol. The summed E-state index contributed by atoms with van der Waals surface area (Å²) >= 11 is 1.50. The number of nitrogens with one attached hydrogen (secondary N) is 4. The quantitative estimate of drug-likeness (QED) is 0.131. The first kappa shape index (κ1) is 38.5.